The molecule has 2 fully saturated rings. The van der Waals surface area contributed by atoms with Crippen molar-refractivity contribution in [2.75, 3.05) is 6.54 Å². The first-order valence-electron chi connectivity index (χ1n) is 6.58. The predicted octanol–water partition coefficient (Wildman–Crippen LogP) is -0.980. The Morgan fingerprint density at radius 3 is 2.83 bits per heavy atom. The molecular formula is C11H21BN2O4. The van der Waals surface area contributed by atoms with Crippen LogP contribution < -0.4 is 11.1 Å². The summed E-state index contributed by atoms with van der Waals surface area (Å²) in [6.07, 6.45) is 3.08. The van der Waals surface area contributed by atoms with Crippen LogP contribution in [0.1, 0.15) is 25.7 Å². The van der Waals surface area contributed by atoms with Crippen molar-refractivity contribution in [2.24, 2.45) is 17.6 Å². The van der Waals surface area contributed by atoms with E-state index in [0.29, 0.717) is 12.8 Å². The molecule has 6 nitrogen and oxygen atoms in total. The molecule has 0 aromatic rings. The number of carboxylic acids is 1. The molecule has 1 aliphatic heterocycles. The second kappa shape index (κ2) is 5.17. The molecule has 6 N–H and O–H groups in total. The number of carboxylic acid groups (broad SMARTS) is 1. The van der Waals surface area contributed by atoms with E-state index >= 15 is 0 Å². The standard InChI is InChI=1S/C11H21BN2O4/c13-11(10(15)16)7(2-1-4-12(17)18)6-9-8(11)3-5-14-9/h7-9,14,17-18H,1-6,13H2,(H,15,16)/t7-,8-,9?,11-/m1/s1. The van der Waals surface area contributed by atoms with Crippen molar-refractivity contribution in [1.29, 1.82) is 0 Å². The molecule has 0 amide bonds. The Labute approximate surface area is 107 Å². The van der Waals surface area contributed by atoms with Crippen LogP contribution >= 0.6 is 0 Å². The lowest BCUT2D eigenvalue weighted by atomic mass is 9.75. The quantitative estimate of drug-likeness (QED) is 0.404. The average molecular weight is 256 g/mol. The molecule has 0 bridgehead atoms. The van der Waals surface area contributed by atoms with E-state index in [2.05, 4.69) is 5.32 Å². The van der Waals surface area contributed by atoms with Gasteiger partial charge in [0, 0.05) is 12.0 Å². The van der Waals surface area contributed by atoms with Crippen LogP contribution in [0.15, 0.2) is 0 Å². The van der Waals surface area contributed by atoms with Crippen LogP contribution in [0.4, 0.5) is 0 Å². The van der Waals surface area contributed by atoms with Crippen LogP contribution in [0, 0.1) is 11.8 Å². The van der Waals surface area contributed by atoms with Crippen molar-refractivity contribution in [3.05, 3.63) is 0 Å². The molecule has 2 aliphatic rings. The first kappa shape index (κ1) is 13.8. The van der Waals surface area contributed by atoms with Gasteiger partial charge in [0.15, 0.2) is 0 Å². The molecule has 1 aliphatic carbocycles. The maximum Gasteiger partial charge on any atom is 0.451 e. The summed E-state index contributed by atoms with van der Waals surface area (Å²) in [6, 6.07) is 0.204. The Morgan fingerprint density at radius 1 is 1.50 bits per heavy atom. The van der Waals surface area contributed by atoms with Crippen LogP contribution in [-0.2, 0) is 4.79 Å². The van der Waals surface area contributed by atoms with E-state index < -0.39 is 18.6 Å². The largest absolute Gasteiger partial charge is 0.480 e. The fourth-order valence-electron chi connectivity index (χ4n) is 3.63. The Balaban J connectivity index is 2.03. The Bertz CT molecular complexity index is 328. The smallest absolute Gasteiger partial charge is 0.451 e. The Kier molecular flexibility index (Phi) is 3.96. The van der Waals surface area contributed by atoms with Crippen LogP contribution in [-0.4, -0.2) is 46.4 Å². The summed E-state index contributed by atoms with van der Waals surface area (Å²) in [5.74, 6) is -1.01. The molecule has 0 aromatic heterocycles. The Morgan fingerprint density at radius 2 is 2.22 bits per heavy atom. The number of carbonyl (C=O) groups is 1. The fraction of sp³-hybridized carbons (Fsp3) is 0.909. The van der Waals surface area contributed by atoms with Gasteiger partial charge in [0.2, 0.25) is 0 Å². The lowest BCUT2D eigenvalue weighted by molar-refractivity contribution is -0.146. The van der Waals surface area contributed by atoms with Gasteiger partial charge in [-0.15, -0.1) is 0 Å². The van der Waals surface area contributed by atoms with E-state index in [-0.39, 0.29) is 24.2 Å². The van der Waals surface area contributed by atoms with E-state index in [0.717, 1.165) is 19.4 Å². The van der Waals surface area contributed by atoms with E-state index in [4.69, 9.17) is 15.8 Å². The van der Waals surface area contributed by atoms with Gasteiger partial charge in [-0.3, -0.25) is 4.79 Å². The molecule has 0 aromatic carbocycles. The van der Waals surface area contributed by atoms with Crippen molar-refractivity contribution in [3.8, 4) is 0 Å². The third kappa shape index (κ3) is 2.27. The summed E-state index contributed by atoms with van der Waals surface area (Å²) < 4.78 is 0. The third-order valence-electron chi connectivity index (χ3n) is 4.56. The molecule has 18 heavy (non-hydrogen) atoms. The van der Waals surface area contributed by atoms with Crippen LogP contribution in [0.25, 0.3) is 0 Å². The van der Waals surface area contributed by atoms with E-state index in [1.54, 1.807) is 0 Å². The minimum absolute atomic E-state index is 0.000880. The lowest BCUT2D eigenvalue weighted by Gasteiger charge is -2.31. The highest BCUT2D eigenvalue weighted by atomic mass is 16.4. The number of nitrogens with two attached hydrogens (primary N) is 1. The maximum atomic E-state index is 11.5. The third-order valence-corrected chi connectivity index (χ3v) is 4.56. The first-order valence-corrected chi connectivity index (χ1v) is 6.58. The fourth-order valence-corrected chi connectivity index (χ4v) is 3.63. The van der Waals surface area contributed by atoms with Gasteiger partial charge in [-0.25, -0.2) is 0 Å². The zero-order valence-electron chi connectivity index (χ0n) is 10.4. The van der Waals surface area contributed by atoms with Crippen LogP contribution in [0.2, 0.25) is 6.32 Å². The molecule has 1 unspecified atom stereocenters. The minimum Gasteiger partial charge on any atom is -0.480 e. The van der Waals surface area contributed by atoms with E-state index in [1.165, 1.54) is 0 Å². The minimum atomic E-state index is -1.32. The summed E-state index contributed by atoms with van der Waals surface area (Å²) in [6.45, 7) is 0.837. The SMILES string of the molecule is N[C@]1(C(=O)O)[C@H](CCCB(O)O)CC2NCC[C@H]21. The number of nitrogens with one attached hydrogen (secondary N) is 1. The van der Waals surface area contributed by atoms with E-state index in [1.807, 2.05) is 0 Å². The molecule has 0 spiro atoms. The maximum absolute atomic E-state index is 11.5. The van der Waals surface area contributed by atoms with Gasteiger partial charge >= 0.3 is 13.1 Å². The van der Waals surface area contributed by atoms with Crippen molar-refractivity contribution in [1.82, 2.24) is 5.32 Å². The van der Waals surface area contributed by atoms with Crippen molar-refractivity contribution >= 4 is 13.1 Å². The normalized spacial score (nSPS) is 38.7. The van der Waals surface area contributed by atoms with Gasteiger partial charge in [0.25, 0.3) is 0 Å². The van der Waals surface area contributed by atoms with Gasteiger partial charge in [0.05, 0.1) is 0 Å². The Hall–Kier alpha value is -0.625. The second-order valence-electron chi connectivity index (χ2n) is 5.54. The van der Waals surface area contributed by atoms with Crippen molar-refractivity contribution in [3.63, 3.8) is 0 Å². The summed E-state index contributed by atoms with van der Waals surface area (Å²) in [7, 11) is -1.32. The topological polar surface area (TPSA) is 116 Å². The number of hydrogen-bond acceptors (Lipinski definition) is 5. The van der Waals surface area contributed by atoms with Gasteiger partial charge in [-0.1, -0.05) is 6.42 Å². The summed E-state index contributed by atoms with van der Waals surface area (Å²) in [5, 5.41) is 30.4. The van der Waals surface area contributed by atoms with Crippen molar-refractivity contribution < 1.29 is 19.9 Å². The van der Waals surface area contributed by atoms with Gasteiger partial charge in [-0.2, -0.15) is 0 Å². The lowest BCUT2D eigenvalue weighted by Crippen LogP contribution is -2.56. The molecule has 2 rings (SSSR count). The number of fused-ring (bicyclic) bond motifs is 1. The van der Waals surface area contributed by atoms with Gasteiger partial charge in [0.1, 0.15) is 5.54 Å². The summed E-state index contributed by atoms with van der Waals surface area (Å²) >= 11 is 0. The molecule has 1 heterocycles. The molecule has 1 saturated carbocycles. The van der Waals surface area contributed by atoms with Gasteiger partial charge < -0.3 is 26.2 Å². The molecular weight excluding hydrogens is 235 g/mol. The number of aliphatic carboxylic acids is 1. The van der Waals surface area contributed by atoms with Crippen LogP contribution in [0.5, 0.6) is 0 Å². The zero-order chi connectivity index (χ0) is 13.3. The monoisotopic (exact) mass is 256 g/mol. The van der Waals surface area contributed by atoms with Crippen LogP contribution in [0.3, 0.4) is 0 Å². The first-order chi connectivity index (χ1) is 8.46. The molecule has 7 heteroatoms. The molecule has 102 valence electrons. The van der Waals surface area contributed by atoms with E-state index in [9.17, 15) is 9.90 Å². The summed E-state index contributed by atoms with van der Waals surface area (Å²) in [5.41, 5.74) is 5.03. The summed E-state index contributed by atoms with van der Waals surface area (Å²) in [4.78, 5) is 11.5. The molecule has 0 radical (unpaired) electrons. The highest BCUT2D eigenvalue weighted by Gasteiger charge is 2.58. The van der Waals surface area contributed by atoms with Crippen molar-refractivity contribution in [2.45, 2.75) is 43.6 Å². The number of hydrogen-bond donors (Lipinski definition) is 5. The number of rotatable bonds is 5. The van der Waals surface area contributed by atoms with Gasteiger partial charge in [-0.05, 0) is 38.0 Å². The predicted molar refractivity (Wildman–Crippen MR) is 66.8 cm³/mol. The highest BCUT2D eigenvalue weighted by Crippen LogP contribution is 2.45. The molecule has 4 atom stereocenters. The second-order valence-corrected chi connectivity index (χ2v) is 5.54. The highest BCUT2D eigenvalue weighted by molar-refractivity contribution is 6.40. The average Bonchev–Trinajstić information content (AvgIpc) is 2.82. The molecule has 1 saturated heterocycles. The zero-order valence-corrected chi connectivity index (χ0v) is 10.4.